The topological polar surface area (TPSA) is 87.4 Å². The Morgan fingerprint density at radius 2 is 1.95 bits per heavy atom. The van der Waals surface area contributed by atoms with Crippen LogP contribution in [0.15, 0.2) is 22.1 Å². The first kappa shape index (κ1) is 13.7. The van der Waals surface area contributed by atoms with Crippen molar-refractivity contribution in [3.05, 3.63) is 55.4 Å². The van der Waals surface area contributed by atoms with Crippen LogP contribution in [0.25, 0.3) is 12.3 Å². The smallest absolute Gasteiger partial charge is 0.275 e. The van der Waals surface area contributed by atoms with E-state index < -0.39 is 22.9 Å². The van der Waals surface area contributed by atoms with Gasteiger partial charge in [0.15, 0.2) is 17.4 Å². The molecule has 0 saturated carbocycles. The molecule has 0 unspecified atom stereocenters. The van der Waals surface area contributed by atoms with E-state index in [4.69, 9.17) is 5.11 Å². The van der Waals surface area contributed by atoms with Gasteiger partial charge in [-0.25, -0.2) is 8.78 Å². The fraction of sp³-hybridized carbons (Fsp3) is 0.0833. The predicted octanol–water partition coefficient (Wildman–Crippen LogP) is 0.0304. The lowest BCUT2D eigenvalue weighted by Gasteiger charge is -1.98. The van der Waals surface area contributed by atoms with Gasteiger partial charge in [0.2, 0.25) is 0 Å². The van der Waals surface area contributed by atoms with E-state index in [1.807, 2.05) is 0 Å². The Kier molecular flexibility index (Phi) is 3.47. The van der Waals surface area contributed by atoms with E-state index in [1.54, 1.807) is 0 Å². The maximum absolute atomic E-state index is 13.2. The Hall–Kier alpha value is -2.77. The lowest BCUT2D eigenvalue weighted by molar-refractivity contribution is 0.396. The number of H-pyrrole nitrogens is 1. The average molecular weight is 281 g/mol. The molecule has 0 fully saturated rings. The molecular weight excluding hydrogens is 272 g/mol. The van der Waals surface area contributed by atoms with E-state index in [0.717, 1.165) is 22.9 Å². The molecule has 6 nitrogen and oxygen atoms in total. The number of aromatic hydroxyl groups is 1. The Morgan fingerprint density at radius 3 is 2.50 bits per heavy atom. The molecule has 2 N–H and O–H groups in total. The molecule has 1 heterocycles. The maximum Gasteiger partial charge on any atom is 0.275 e. The van der Waals surface area contributed by atoms with Gasteiger partial charge in [0, 0.05) is 7.05 Å². The first-order chi connectivity index (χ1) is 9.43. The van der Waals surface area contributed by atoms with Crippen molar-refractivity contribution in [1.82, 2.24) is 9.55 Å². The zero-order valence-electron chi connectivity index (χ0n) is 10.2. The van der Waals surface area contributed by atoms with Gasteiger partial charge in [-0.05, 0) is 28.9 Å². The van der Waals surface area contributed by atoms with Gasteiger partial charge in [-0.1, -0.05) is 0 Å². The van der Waals surface area contributed by atoms with Gasteiger partial charge >= 0.3 is 0 Å². The number of halogens is 2. The molecule has 2 aromatic rings. The van der Waals surface area contributed by atoms with E-state index in [2.05, 4.69) is 10.2 Å². The molecule has 0 aliphatic rings. The molecule has 0 saturated heterocycles. The number of nitrogens with one attached hydrogen (secondary N) is 1. The second-order valence-corrected chi connectivity index (χ2v) is 4.00. The summed E-state index contributed by atoms with van der Waals surface area (Å²) in [5, 5.41) is 11.5. The Labute approximate surface area is 110 Å². The van der Waals surface area contributed by atoms with Crippen LogP contribution in [0.5, 0.6) is 5.75 Å². The van der Waals surface area contributed by atoms with Gasteiger partial charge in [-0.2, -0.15) is 0 Å². The van der Waals surface area contributed by atoms with Crippen molar-refractivity contribution in [1.29, 1.82) is 0 Å². The number of benzene rings is 1. The van der Waals surface area contributed by atoms with Crippen molar-refractivity contribution in [2.45, 2.75) is 0 Å². The van der Waals surface area contributed by atoms with Crippen molar-refractivity contribution in [3.8, 4) is 5.75 Å². The predicted molar refractivity (Wildman–Crippen MR) is 67.1 cm³/mol. The van der Waals surface area contributed by atoms with Crippen LogP contribution in [-0.2, 0) is 7.05 Å². The molecule has 0 radical (unpaired) electrons. The monoisotopic (exact) mass is 281 g/mol. The van der Waals surface area contributed by atoms with Gasteiger partial charge < -0.3 is 10.1 Å². The van der Waals surface area contributed by atoms with Crippen LogP contribution in [0, 0.1) is 16.5 Å². The standard InChI is InChI=1S/C12H9F2N3O3/c1-17-10(5-15-20)16-9(12(17)19)4-6-2-7(13)11(18)8(14)3-6/h2-5,16,18H,1H3/b9-4+,10-5+. The zero-order chi connectivity index (χ0) is 14.9. The van der Waals surface area contributed by atoms with Crippen LogP contribution in [-0.4, -0.2) is 14.7 Å². The molecule has 8 heteroatoms. The van der Waals surface area contributed by atoms with Crippen LogP contribution in [0.3, 0.4) is 0 Å². The molecular formula is C12H9F2N3O3. The highest BCUT2D eigenvalue weighted by molar-refractivity contribution is 5.50. The summed E-state index contributed by atoms with van der Waals surface area (Å²) < 4.78 is 27.5. The summed E-state index contributed by atoms with van der Waals surface area (Å²) in [5.74, 6) is -3.36. The SMILES string of the molecule is Cn1c(=O)/c(=C\c2cc(F)c(O)c(F)c2)[nH]/c1=C\N=O. The molecule has 104 valence electrons. The molecule has 0 atom stereocenters. The number of hydrogen-bond acceptors (Lipinski definition) is 4. The van der Waals surface area contributed by atoms with Crippen LogP contribution in [0.2, 0.25) is 0 Å². The summed E-state index contributed by atoms with van der Waals surface area (Å²) in [7, 11) is 1.41. The van der Waals surface area contributed by atoms with Crippen LogP contribution in [0.1, 0.15) is 5.56 Å². The highest BCUT2D eigenvalue weighted by atomic mass is 19.1. The summed E-state index contributed by atoms with van der Waals surface area (Å²) in [5.41, 5.74) is -0.299. The summed E-state index contributed by atoms with van der Waals surface area (Å²) in [6.07, 6.45) is 2.09. The lowest BCUT2D eigenvalue weighted by Crippen LogP contribution is -2.28. The van der Waals surface area contributed by atoms with Gasteiger partial charge in [0.25, 0.3) is 5.56 Å². The zero-order valence-corrected chi connectivity index (χ0v) is 10.2. The number of phenolic OH excluding ortho intramolecular Hbond substituents is 1. The van der Waals surface area contributed by atoms with E-state index in [0.29, 0.717) is 0 Å². The van der Waals surface area contributed by atoms with E-state index in [9.17, 15) is 18.5 Å². The van der Waals surface area contributed by atoms with Crippen LogP contribution >= 0.6 is 0 Å². The third-order valence-electron chi connectivity index (χ3n) is 2.68. The van der Waals surface area contributed by atoms with Crippen molar-refractivity contribution < 1.29 is 13.9 Å². The van der Waals surface area contributed by atoms with Gasteiger partial charge in [-0.3, -0.25) is 9.36 Å². The minimum atomic E-state index is -1.14. The second-order valence-electron chi connectivity index (χ2n) is 4.00. The largest absolute Gasteiger partial charge is 0.503 e. The molecule has 2 rings (SSSR count). The molecule has 1 aromatic carbocycles. The van der Waals surface area contributed by atoms with Crippen molar-refractivity contribution in [2.24, 2.45) is 12.2 Å². The number of nitroso groups, excluding NO2 is 1. The Morgan fingerprint density at radius 1 is 1.35 bits per heavy atom. The van der Waals surface area contributed by atoms with Crippen molar-refractivity contribution >= 4 is 12.3 Å². The lowest BCUT2D eigenvalue weighted by atomic mass is 10.2. The molecule has 0 spiro atoms. The minimum absolute atomic E-state index is 0.0203. The molecule has 0 bridgehead atoms. The Bertz CT molecular complexity index is 829. The molecule has 20 heavy (non-hydrogen) atoms. The highest BCUT2D eigenvalue weighted by Gasteiger charge is 2.08. The first-order valence-corrected chi connectivity index (χ1v) is 5.41. The van der Waals surface area contributed by atoms with Crippen LogP contribution < -0.4 is 16.4 Å². The normalized spacial score (nSPS) is 12.9. The summed E-state index contributed by atoms with van der Waals surface area (Å²) in [6, 6.07) is 1.75. The minimum Gasteiger partial charge on any atom is -0.503 e. The van der Waals surface area contributed by atoms with E-state index in [1.165, 1.54) is 13.1 Å². The summed E-state index contributed by atoms with van der Waals surface area (Å²) in [4.78, 5) is 24.6. The second kappa shape index (κ2) is 5.08. The third-order valence-corrected chi connectivity index (χ3v) is 2.68. The number of imidazole rings is 1. The number of nitrogens with zero attached hydrogens (tertiary/aromatic N) is 2. The molecule has 0 amide bonds. The van der Waals surface area contributed by atoms with Crippen molar-refractivity contribution in [3.63, 3.8) is 0 Å². The maximum atomic E-state index is 13.2. The van der Waals surface area contributed by atoms with E-state index in [-0.39, 0.29) is 16.4 Å². The Balaban J connectivity index is 2.69. The van der Waals surface area contributed by atoms with E-state index >= 15 is 0 Å². The number of aromatic amines is 1. The van der Waals surface area contributed by atoms with Crippen molar-refractivity contribution in [2.75, 3.05) is 0 Å². The number of phenols is 1. The van der Waals surface area contributed by atoms with Gasteiger partial charge in [0.1, 0.15) is 17.0 Å². The molecule has 0 aliphatic carbocycles. The fourth-order valence-electron chi connectivity index (χ4n) is 1.67. The van der Waals surface area contributed by atoms with Gasteiger partial charge in [0.05, 0.1) is 0 Å². The van der Waals surface area contributed by atoms with Crippen LogP contribution in [0.4, 0.5) is 8.78 Å². The number of hydrogen-bond donors (Lipinski definition) is 2. The van der Waals surface area contributed by atoms with Gasteiger partial charge in [-0.15, -0.1) is 4.91 Å². The summed E-state index contributed by atoms with van der Waals surface area (Å²) in [6.45, 7) is 0. The number of aromatic nitrogens is 2. The number of rotatable bonds is 2. The first-order valence-electron chi connectivity index (χ1n) is 5.41. The quantitative estimate of drug-likeness (QED) is 0.761. The average Bonchev–Trinajstić information content (AvgIpc) is 2.65. The third kappa shape index (κ3) is 2.35. The fourth-order valence-corrected chi connectivity index (χ4v) is 1.67. The highest BCUT2D eigenvalue weighted by Crippen LogP contribution is 2.21. The molecule has 0 aliphatic heterocycles. The summed E-state index contributed by atoms with van der Waals surface area (Å²) >= 11 is 0. The molecule has 1 aromatic heterocycles.